The van der Waals surface area contributed by atoms with Gasteiger partial charge >= 0.3 is 17.9 Å². The van der Waals surface area contributed by atoms with Gasteiger partial charge in [-0.25, -0.2) is 0 Å². The summed E-state index contributed by atoms with van der Waals surface area (Å²) >= 11 is 12.0. The van der Waals surface area contributed by atoms with Crippen LogP contribution in [0.4, 0.5) is 0 Å². The summed E-state index contributed by atoms with van der Waals surface area (Å²) in [7, 11) is 3.11. The largest absolute Gasteiger partial charge is 0.468 e. The number of methoxy groups -OCH3 is 3. The van der Waals surface area contributed by atoms with Crippen LogP contribution in [0.15, 0.2) is 18.2 Å². The Morgan fingerprint density at radius 1 is 1.04 bits per heavy atom. The van der Waals surface area contributed by atoms with Crippen LogP contribution in [-0.2, 0) is 28.6 Å². The Morgan fingerprint density at radius 2 is 1.56 bits per heavy atom. The normalized spacial score (nSPS) is 23.1. The third-order valence-corrected chi connectivity index (χ3v) is 4.94. The van der Waals surface area contributed by atoms with Gasteiger partial charge < -0.3 is 14.2 Å². The number of esters is 3. The predicted octanol–water partition coefficient (Wildman–Crippen LogP) is 2.11. The van der Waals surface area contributed by atoms with Crippen molar-refractivity contribution in [3.05, 3.63) is 33.8 Å². The average molecular weight is 386 g/mol. The Labute approximate surface area is 153 Å². The lowest BCUT2D eigenvalue weighted by atomic mass is 9.93. The molecule has 25 heavy (non-hydrogen) atoms. The second-order valence-electron chi connectivity index (χ2n) is 5.30. The van der Waals surface area contributed by atoms with E-state index in [0.29, 0.717) is 5.02 Å². The average Bonchev–Trinajstić information content (AvgIpc) is 3.24. The summed E-state index contributed by atoms with van der Waals surface area (Å²) in [4.78, 5) is 37.4. The molecule has 2 atom stereocenters. The van der Waals surface area contributed by atoms with Crippen molar-refractivity contribution >= 4 is 41.1 Å². The summed E-state index contributed by atoms with van der Waals surface area (Å²) in [5.74, 6) is -4.51. The van der Waals surface area contributed by atoms with Crippen molar-refractivity contribution < 1.29 is 28.6 Å². The SMILES string of the molecule is COC(=O)C1(C#N)C(c2ccc(Cl)cc2Cl)C1(C(=O)OC)C(=O)OC. The predicted molar refractivity (Wildman–Crippen MR) is 85.7 cm³/mol. The molecule has 1 fully saturated rings. The van der Waals surface area contributed by atoms with E-state index in [1.54, 1.807) is 6.07 Å². The fourth-order valence-corrected chi connectivity index (χ4v) is 3.80. The van der Waals surface area contributed by atoms with Crippen molar-refractivity contribution in [2.75, 3.05) is 21.3 Å². The molecule has 1 aliphatic rings. The molecule has 0 amide bonds. The van der Waals surface area contributed by atoms with E-state index < -0.39 is 34.7 Å². The lowest BCUT2D eigenvalue weighted by molar-refractivity contribution is -0.167. The van der Waals surface area contributed by atoms with Crippen LogP contribution in [0, 0.1) is 22.2 Å². The number of benzene rings is 1. The number of ether oxygens (including phenoxy) is 3. The number of hydrogen-bond donors (Lipinski definition) is 0. The van der Waals surface area contributed by atoms with E-state index in [1.165, 1.54) is 18.2 Å². The van der Waals surface area contributed by atoms with Crippen LogP contribution in [0.1, 0.15) is 11.5 Å². The maximum Gasteiger partial charge on any atom is 0.328 e. The molecule has 1 aromatic carbocycles. The van der Waals surface area contributed by atoms with Gasteiger partial charge in [0, 0.05) is 16.0 Å². The van der Waals surface area contributed by atoms with Gasteiger partial charge in [0.1, 0.15) is 0 Å². The highest BCUT2D eigenvalue weighted by Crippen LogP contribution is 2.76. The first-order valence-electron chi connectivity index (χ1n) is 6.91. The van der Waals surface area contributed by atoms with Gasteiger partial charge in [-0.2, -0.15) is 5.26 Å². The molecule has 0 heterocycles. The lowest BCUT2D eigenvalue weighted by Crippen LogP contribution is -2.37. The molecule has 0 N–H and O–H groups in total. The molecular formula is C16H13Cl2NO6. The third kappa shape index (κ3) is 2.29. The van der Waals surface area contributed by atoms with Crippen molar-refractivity contribution in [1.29, 1.82) is 5.26 Å². The van der Waals surface area contributed by atoms with Gasteiger partial charge in [-0.15, -0.1) is 0 Å². The van der Waals surface area contributed by atoms with Crippen molar-refractivity contribution in [2.45, 2.75) is 5.92 Å². The smallest absolute Gasteiger partial charge is 0.328 e. The van der Waals surface area contributed by atoms with E-state index in [9.17, 15) is 19.6 Å². The van der Waals surface area contributed by atoms with E-state index in [4.69, 9.17) is 32.7 Å². The van der Waals surface area contributed by atoms with E-state index in [0.717, 1.165) is 21.3 Å². The van der Waals surface area contributed by atoms with E-state index >= 15 is 0 Å². The van der Waals surface area contributed by atoms with Gasteiger partial charge in [-0.1, -0.05) is 29.3 Å². The van der Waals surface area contributed by atoms with Crippen LogP contribution < -0.4 is 0 Å². The van der Waals surface area contributed by atoms with Gasteiger partial charge in [0.15, 0.2) is 5.41 Å². The third-order valence-electron chi connectivity index (χ3n) is 4.38. The second kappa shape index (κ2) is 6.54. The molecule has 0 spiro atoms. The van der Waals surface area contributed by atoms with Gasteiger partial charge in [-0.05, 0) is 17.7 Å². The first-order valence-corrected chi connectivity index (χ1v) is 7.66. The zero-order valence-corrected chi connectivity index (χ0v) is 15.0. The fourth-order valence-electron chi connectivity index (χ4n) is 3.28. The Kier molecular flexibility index (Phi) is 4.98. The highest BCUT2D eigenvalue weighted by atomic mass is 35.5. The first-order chi connectivity index (χ1) is 11.8. The van der Waals surface area contributed by atoms with E-state index in [-0.39, 0.29) is 10.6 Å². The lowest BCUT2D eigenvalue weighted by Gasteiger charge is -2.14. The quantitative estimate of drug-likeness (QED) is 0.444. The molecule has 9 heteroatoms. The minimum Gasteiger partial charge on any atom is -0.468 e. The van der Waals surface area contributed by atoms with Gasteiger partial charge in [0.2, 0.25) is 5.41 Å². The van der Waals surface area contributed by atoms with Crippen LogP contribution in [0.5, 0.6) is 0 Å². The molecule has 0 aromatic heterocycles. The molecule has 0 bridgehead atoms. The number of nitrogens with zero attached hydrogens (tertiary/aromatic N) is 1. The van der Waals surface area contributed by atoms with Crippen LogP contribution in [0.2, 0.25) is 10.0 Å². The highest BCUT2D eigenvalue weighted by Gasteiger charge is 2.92. The number of halogens is 2. The minimum atomic E-state index is -2.23. The number of hydrogen-bond acceptors (Lipinski definition) is 7. The Bertz CT molecular complexity index is 786. The van der Waals surface area contributed by atoms with Crippen LogP contribution in [-0.4, -0.2) is 39.2 Å². The molecule has 1 saturated carbocycles. The van der Waals surface area contributed by atoms with Crippen LogP contribution in [0.3, 0.4) is 0 Å². The van der Waals surface area contributed by atoms with Crippen molar-refractivity contribution in [3.8, 4) is 6.07 Å². The van der Waals surface area contributed by atoms with E-state index in [1.807, 2.05) is 0 Å². The topological polar surface area (TPSA) is 103 Å². The maximum absolute atomic E-state index is 12.5. The van der Waals surface area contributed by atoms with E-state index in [2.05, 4.69) is 4.74 Å². The Morgan fingerprint density at radius 3 is 1.96 bits per heavy atom. The Hall–Kier alpha value is -2.30. The molecule has 2 unspecified atom stereocenters. The van der Waals surface area contributed by atoms with Crippen LogP contribution >= 0.6 is 23.2 Å². The Balaban J connectivity index is 2.82. The first kappa shape index (κ1) is 19.0. The van der Waals surface area contributed by atoms with Gasteiger partial charge in [0.25, 0.3) is 0 Å². The van der Waals surface area contributed by atoms with Crippen molar-refractivity contribution in [3.63, 3.8) is 0 Å². The summed E-state index contributed by atoms with van der Waals surface area (Å²) < 4.78 is 14.1. The summed E-state index contributed by atoms with van der Waals surface area (Å²) in [6, 6.07) is 6.00. The minimum absolute atomic E-state index is 0.0794. The van der Waals surface area contributed by atoms with Gasteiger partial charge in [-0.3, -0.25) is 14.4 Å². The second-order valence-corrected chi connectivity index (χ2v) is 6.15. The summed E-state index contributed by atoms with van der Waals surface area (Å²) in [5.41, 5.74) is -4.19. The highest BCUT2D eigenvalue weighted by molar-refractivity contribution is 6.35. The summed E-state index contributed by atoms with van der Waals surface area (Å²) in [5, 5.41) is 10.1. The molecule has 2 rings (SSSR count). The zero-order valence-electron chi connectivity index (χ0n) is 13.5. The molecule has 0 radical (unpaired) electrons. The number of carbonyl (C=O) groups is 3. The maximum atomic E-state index is 12.5. The molecule has 1 aliphatic carbocycles. The standard InChI is InChI=1S/C16H13Cl2NO6/c1-23-12(20)15(7-19)11(9-5-4-8(17)6-10(9)18)16(15,13(21)24-2)14(22)25-3/h4-6,11H,1-3H3. The molecular weight excluding hydrogens is 373 g/mol. The van der Waals surface area contributed by atoms with Crippen molar-refractivity contribution in [2.24, 2.45) is 10.8 Å². The summed E-state index contributed by atoms with van der Waals surface area (Å²) in [6.45, 7) is 0. The number of carbonyl (C=O) groups excluding carboxylic acids is 3. The molecule has 1 aromatic rings. The van der Waals surface area contributed by atoms with Gasteiger partial charge in [0.05, 0.1) is 27.4 Å². The molecule has 132 valence electrons. The van der Waals surface area contributed by atoms with Crippen LogP contribution in [0.25, 0.3) is 0 Å². The zero-order chi connectivity index (χ0) is 19.0. The van der Waals surface area contributed by atoms with Crippen molar-refractivity contribution in [1.82, 2.24) is 0 Å². The summed E-state index contributed by atoms with van der Waals surface area (Å²) in [6.07, 6.45) is 0. The molecule has 0 aliphatic heterocycles. The number of rotatable bonds is 4. The monoisotopic (exact) mass is 385 g/mol. The fraction of sp³-hybridized carbons (Fsp3) is 0.375. The molecule has 0 saturated heterocycles. The number of nitriles is 1. The molecule has 7 nitrogen and oxygen atoms in total.